The molecular formula is C16H21N3O2. The number of benzene rings is 1. The van der Waals surface area contributed by atoms with E-state index in [0.717, 1.165) is 18.5 Å². The fourth-order valence-electron chi connectivity index (χ4n) is 3.01. The molecule has 0 spiro atoms. The Hall–Kier alpha value is -1.72. The average Bonchev–Trinajstić information content (AvgIpc) is 3.17. The maximum Gasteiger partial charge on any atom is 0.247 e. The van der Waals surface area contributed by atoms with Gasteiger partial charge in [-0.05, 0) is 43.4 Å². The predicted molar refractivity (Wildman–Crippen MR) is 79.4 cm³/mol. The number of nitrogens with one attached hydrogen (secondary N) is 1. The third kappa shape index (κ3) is 3.49. The van der Waals surface area contributed by atoms with Crippen LogP contribution < -0.4 is 5.32 Å². The molecule has 1 aromatic carbocycles. The summed E-state index contributed by atoms with van der Waals surface area (Å²) in [5, 5.41) is 20.8. The van der Waals surface area contributed by atoms with Gasteiger partial charge in [0.25, 0.3) is 0 Å². The Labute approximate surface area is 124 Å². The van der Waals surface area contributed by atoms with Crippen molar-refractivity contribution >= 4 is 0 Å². The predicted octanol–water partition coefficient (Wildman–Crippen LogP) is 2.23. The molecule has 0 amide bonds. The van der Waals surface area contributed by atoms with Crippen LogP contribution in [0.15, 0.2) is 34.7 Å². The van der Waals surface area contributed by atoms with Crippen LogP contribution >= 0.6 is 0 Å². The minimum Gasteiger partial charge on any atom is -0.419 e. The first kappa shape index (κ1) is 14.2. The lowest BCUT2D eigenvalue weighted by Gasteiger charge is -2.17. The summed E-state index contributed by atoms with van der Waals surface area (Å²) >= 11 is 0. The lowest BCUT2D eigenvalue weighted by molar-refractivity contribution is 0.191. The third-order valence-electron chi connectivity index (χ3n) is 4.22. The van der Waals surface area contributed by atoms with E-state index in [0.29, 0.717) is 36.8 Å². The Morgan fingerprint density at radius 3 is 2.76 bits per heavy atom. The largest absolute Gasteiger partial charge is 0.419 e. The molecule has 2 atom stereocenters. The third-order valence-corrected chi connectivity index (χ3v) is 4.22. The zero-order valence-electron chi connectivity index (χ0n) is 12.0. The van der Waals surface area contributed by atoms with Crippen LogP contribution in [0.2, 0.25) is 0 Å². The highest BCUT2D eigenvalue weighted by atomic mass is 16.4. The average molecular weight is 287 g/mol. The molecule has 1 saturated carbocycles. The minimum absolute atomic E-state index is 0.297. The van der Waals surface area contributed by atoms with Gasteiger partial charge in [-0.15, -0.1) is 10.2 Å². The summed E-state index contributed by atoms with van der Waals surface area (Å²) < 4.78 is 5.65. The summed E-state index contributed by atoms with van der Waals surface area (Å²) in [5.41, 5.74) is 0.937. The molecule has 1 heterocycles. The highest BCUT2D eigenvalue weighted by Crippen LogP contribution is 2.30. The number of aliphatic hydroxyl groups excluding tert-OH is 1. The van der Waals surface area contributed by atoms with Gasteiger partial charge in [0.2, 0.25) is 11.8 Å². The molecule has 5 nitrogen and oxygen atoms in total. The molecule has 2 unspecified atom stereocenters. The maximum atomic E-state index is 9.31. The zero-order valence-corrected chi connectivity index (χ0v) is 12.0. The van der Waals surface area contributed by atoms with Crippen LogP contribution in [0.3, 0.4) is 0 Å². The van der Waals surface area contributed by atoms with Crippen molar-refractivity contribution in [2.75, 3.05) is 13.2 Å². The molecule has 21 heavy (non-hydrogen) atoms. The highest BCUT2D eigenvalue weighted by molar-refractivity contribution is 5.51. The Morgan fingerprint density at radius 1 is 1.14 bits per heavy atom. The normalized spacial score (nSPS) is 21.8. The first-order valence-corrected chi connectivity index (χ1v) is 7.56. The van der Waals surface area contributed by atoms with E-state index in [9.17, 15) is 5.11 Å². The zero-order chi connectivity index (χ0) is 14.5. The van der Waals surface area contributed by atoms with E-state index >= 15 is 0 Å². The van der Waals surface area contributed by atoms with Crippen molar-refractivity contribution in [3.05, 3.63) is 36.2 Å². The molecule has 5 heteroatoms. The van der Waals surface area contributed by atoms with Gasteiger partial charge in [-0.25, -0.2) is 0 Å². The van der Waals surface area contributed by atoms with E-state index in [2.05, 4.69) is 15.5 Å². The topological polar surface area (TPSA) is 71.2 Å². The van der Waals surface area contributed by atoms with Crippen LogP contribution in [0.25, 0.3) is 11.5 Å². The molecule has 1 aliphatic rings. The van der Waals surface area contributed by atoms with Gasteiger partial charge >= 0.3 is 0 Å². The fraction of sp³-hybridized carbons (Fsp3) is 0.500. The van der Waals surface area contributed by atoms with Crippen molar-refractivity contribution < 1.29 is 9.52 Å². The molecule has 0 bridgehead atoms. The fourth-order valence-corrected chi connectivity index (χ4v) is 3.01. The molecule has 0 aliphatic heterocycles. The molecule has 1 fully saturated rings. The summed E-state index contributed by atoms with van der Waals surface area (Å²) in [5.74, 6) is 2.17. The molecule has 0 radical (unpaired) electrons. The number of rotatable bonds is 6. The Morgan fingerprint density at radius 2 is 1.95 bits per heavy atom. The standard InChI is InChI=1S/C16H21N3O2/c20-11-14-8-4-7-13(14)9-17-10-15-18-19-16(21-15)12-5-2-1-3-6-12/h1-3,5-6,13-14,17,20H,4,7-11H2. The van der Waals surface area contributed by atoms with Crippen LogP contribution in [0.4, 0.5) is 0 Å². The smallest absolute Gasteiger partial charge is 0.247 e. The van der Waals surface area contributed by atoms with Gasteiger partial charge in [0.05, 0.1) is 6.54 Å². The number of nitrogens with zero attached hydrogens (tertiary/aromatic N) is 2. The summed E-state index contributed by atoms with van der Waals surface area (Å²) in [6, 6.07) is 9.77. The molecule has 112 valence electrons. The lowest BCUT2D eigenvalue weighted by atomic mass is 9.97. The number of aliphatic hydroxyl groups is 1. The van der Waals surface area contributed by atoms with E-state index < -0.39 is 0 Å². The lowest BCUT2D eigenvalue weighted by Crippen LogP contribution is -2.26. The number of hydrogen-bond donors (Lipinski definition) is 2. The van der Waals surface area contributed by atoms with Gasteiger partial charge < -0.3 is 14.8 Å². The molecule has 3 rings (SSSR count). The Balaban J connectivity index is 1.51. The molecule has 2 aromatic rings. The Kier molecular flexibility index (Phi) is 4.62. The monoisotopic (exact) mass is 287 g/mol. The van der Waals surface area contributed by atoms with Crippen molar-refractivity contribution in [3.8, 4) is 11.5 Å². The molecule has 2 N–H and O–H groups in total. The summed E-state index contributed by atoms with van der Waals surface area (Å²) in [4.78, 5) is 0. The summed E-state index contributed by atoms with van der Waals surface area (Å²) in [6.07, 6.45) is 3.55. The van der Waals surface area contributed by atoms with E-state index in [1.807, 2.05) is 30.3 Å². The maximum absolute atomic E-state index is 9.31. The first-order chi connectivity index (χ1) is 10.4. The van der Waals surface area contributed by atoms with Gasteiger partial charge in [-0.1, -0.05) is 24.6 Å². The quantitative estimate of drug-likeness (QED) is 0.852. The van der Waals surface area contributed by atoms with Crippen molar-refractivity contribution in [3.63, 3.8) is 0 Å². The van der Waals surface area contributed by atoms with Crippen LogP contribution in [0.1, 0.15) is 25.2 Å². The van der Waals surface area contributed by atoms with Crippen molar-refractivity contribution in [2.24, 2.45) is 11.8 Å². The molecule has 1 aromatic heterocycles. The van der Waals surface area contributed by atoms with Crippen LogP contribution in [-0.4, -0.2) is 28.5 Å². The Bertz CT molecular complexity index is 556. The van der Waals surface area contributed by atoms with Crippen molar-refractivity contribution in [2.45, 2.75) is 25.8 Å². The second-order valence-electron chi connectivity index (χ2n) is 5.63. The van der Waals surface area contributed by atoms with Crippen LogP contribution in [-0.2, 0) is 6.54 Å². The van der Waals surface area contributed by atoms with Crippen LogP contribution in [0.5, 0.6) is 0 Å². The molecule has 1 aliphatic carbocycles. The van der Waals surface area contributed by atoms with Crippen molar-refractivity contribution in [1.82, 2.24) is 15.5 Å². The number of hydrogen-bond acceptors (Lipinski definition) is 5. The molecule has 0 saturated heterocycles. The van der Waals surface area contributed by atoms with Crippen molar-refractivity contribution in [1.29, 1.82) is 0 Å². The van der Waals surface area contributed by atoms with Gasteiger partial charge in [0, 0.05) is 12.2 Å². The van der Waals surface area contributed by atoms with Crippen LogP contribution in [0, 0.1) is 11.8 Å². The van der Waals surface area contributed by atoms with Gasteiger partial charge in [-0.3, -0.25) is 0 Å². The summed E-state index contributed by atoms with van der Waals surface area (Å²) in [7, 11) is 0. The first-order valence-electron chi connectivity index (χ1n) is 7.56. The summed E-state index contributed by atoms with van der Waals surface area (Å²) in [6.45, 7) is 1.77. The van der Waals surface area contributed by atoms with E-state index in [4.69, 9.17) is 4.42 Å². The van der Waals surface area contributed by atoms with Gasteiger partial charge in [-0.2, -0.15) is 0 Å². The minimum atomic E-state index is 0.297. The SMILES string of the molecule is OCC1CCCC1CNCc1nnc(-c2ccccc2)o1. The number of aromatic nitrogens is 2. The van der Waals surface area contributed by atoms with E-state index in [1.54, 1.807) is 0 Å². The molecular weight excluding hydrogens is 266 g/mol. The van der Waals surface area contributed by atoms with Gasteiger partial charge in [0.15, 0.2) is 0 Å². The highest BCUT2D eigenvalue weighted by Gasteiger charge is 2.26. The van der Waals surface area contributed by atoms with Gasteiger partial charge in [0.1, 0.15) is 0 Å². The second-order valence-corrected chi connectivity index (χ2v) is 5.63. The second kappa shape index (κ2) is 6.83. The van der Waals surface area contributed by atoms with E-state index in [-0.39, 0.29) is 0 Å². The van der Waals surface area contributed by atoms with E-state index in [1.165, 1.54) is 12.8 Å².